The number of aromatic nitrogens is 2. The van der Waals surface area contributed by atoms with Crippen LogP contribution in [0.4, 0.5) is 5.69 Å². The summed E-state index contributed by atoms with van der Waals surface area (Å²) in [5.74, 6) is 0.556. The topological polar surface area (TPSA) is 56.1 Å². The third-order valence-electron chi connectivity index (χ3n) is 4.92. The minimum Gasteiger partial charge on any atom is -0.497 e. The highest BCUT2D eigenvalue weighted by molar-refractivity contribution is 6.04. The Kier molecular flexibility index (Phi) is 5.35. The Bertz CT molecular complexity index is 1160. The van der Waals surface area contributed by atoms with Crippen molar-refractivity contribution in [3.63, 3.8) is 0 Å². The minimum absolute atomic E-state index is 0.216. The molecule has 5 nitrogen and oxygen atoms in total. The summed E-state index contributed by atoms with van der Waals surface area (Å²) in [7, 11) is 1.63. The summed E-state index contributed by atoms with van der Waals surface area (Å²) in [6, 6.07) is 25.1. The third kappa shape index (κ3) is 4.10. The third-order valence-corrected chi connectivity index (χ3v) is 4.92. The standard InChI is InChI=1S/C25H23N3O2/c1-17-4-10-20(11-5-17)26-25(29)24-16-23(19-8-14-22(30-3)15-9-19)27-28(24)21-12-6-18(2)7-13-21/h4-16H,1-3H3,(H,26,29). The van der Waals surface area contributed by atoms with Gasteiger partial charge in [0.15, 0.2) is 0 Å². The SMILES string of the molecule is COc1ccc(-c2cc(C(=O)Nc3ccc(C)cc3)n(-c3ccc(C)cc3)n2)cc1. The molecule has 0 radical (unpaired) electrons. The molecule has 0 saturated carbocycles. The lowest BCUT2D eigenvalue weighted by atomic mass is 10.1. The molecule has 0 bridgehead atoms. The lowest BCUT2D eigenvalue weighted by molar-refractivity contribution is 0.101. The van der Waals surface area contributed by atoms with Gasteiger partial charge in [-0.25, -0.2) is 4.68 Å². The van der Waals surface area contributed by atoms with E-state index in [0.717, 1.165) is 33.8 Å². The molecule has 5 heteroatoms. The maximum atomic E-state index is 13.1. The smallest absolute Gasteiger partial charge is 0.274 e. The van der Waals surface area contributed by atoms with Crippen LogP contribution in [-0.2, 0) is 0 Å². The Morgan fingerprint density at radius 2 is 1.47 bits per heavy atom. The van der Waals surface area contributed by atoms with Gasteiger partial charge in [-0.2, -0.15) is 5.10 Å². The summed E-state index contributed by atoms with van der Waals surface area (Å²) < 4.78 is 6.92. The molecule has 1 amide bonds. The first-order chi connectivity index (χ1) is 14.5. The molecule has 1 aromatic heterocycles. The number of benzene rings is 3. The molecule has 1 N–H and O–H groups in total. The summed E-state index contributed by atoms with van der Waals surface area (Å²) in [6.07, 6.45) is 0. The van der Waals surface area contributed by atoms with E-state index in [2.05, 4.69) is 5.32 Å². The first kappa shape index (κ1) is 19.5. The summed E-state index contributed by atoms with van der Waals surface area (Å²) in [6.45, 7) is 4.04. The predicted molar refractivity (Wildman–Crippen MR) is 119 cm³/mol. The number of carbonyl (C=O) groups excluding carboxylic acids is 1. The zero-order chi connectivity index (χ0) is 21.1. The number of methoxy groups -OCH3 is 1. The van der Waals surface area contributed by atoms with Gasteiger partial charge in [0.2, 0.25) is 0 Å². The van der Waals surface area contributed by atoms with Gasteiger partial charge in [-0.15, -0.1) is 0 Å². The van der Waals surface area contributed by atoms with Crippen LogP contribution in [-0.4, -0.2) is 22.8 Å². The van der Waals surface area contributed by atoms with Crippen LogP contribution in [0.2, 0.25) is 0 Å². The van der Waals surface area contributed by atoms with Crippen LogP contribution in [0.5, 0.6) is 5.75 Å². The number of rotatable bonds is 5. The maximum absolute atomic E-state index is 13.1. The fraction of sp³-hybridized carbons (Fsp3) is 0.120. The summed E-state index contributed by atoms with van der Waals surface area (Å²) in [5, 5.41) is 7.70. The van der Waals surface area contributed by atoms with Gasteiger partial charge in [-0.3, -0.25) is 4.79 Å². The fourth-order valence-electron chi connectivity index (χ4n) is 3.16. The van der Waals surface area contributed by atoms with Crippen molar-refractivity contribution in [3.8, 4) is 22.7 Å². The summed E-state index contributed by atoms with van der Waals surface area (Å²) in [5.41, 5.74) is 5.94. The van der Waals surface area contributed by atoms with E-state index in [-0.39, 0.29) is 5.91 Å². The lowest BCUT2D eigenvalue weighted by Gasteiger charge is -2.09. The van der Waals surface area contributed by atoms with Crippen molar-refractivity contribution in [2.75, 3.05) is 12.4 Å². The number of hydrogen-bond acceptors (Lipinski definition) is 3. The molecule has 0 unspecified atom stereocenters. The van der Waals surface area contributed by atoms with Crippen LogP contribution in [0, 0.1) is 13.8 Å². The molecule has 0 fully saturated rings. The van der Waals surface area contributed by atoms with Gasteiger partial charge in [-0.1, -0.05) is 35.4 Å². The van der Waals surface area contributed by atoms with Crippen LogP contribution in [0.1, 0.15) is 21.6 Å². The molecule has 0 aliphatic rings. The van der Waals surface area contributed by atoms with Crippen LogP contribution < -0.4 is 10.1 Å². The first-order valence-electron chi connectivity index (χ1n) is 9.73. The van der Waals surface area contributed by atoms with E-state index in [1.54, 1.807) is 11.8 Å². The normalized spacial score (nSPS) is 10.6. The fourth-order valence-corrected chi connectivity index (χ4v) is 3.16. The Morgan fingerprint density at radius 1 is 0.867 bits per heavy atom. The maximum Gasteiger partial charge on any atom is 0.274 e. The van der Waals surface area contributed by atoms with Gasteiger partial charge < -0.3 is 10.1 Å². The van der Waals surface area contributed by atoms with Gasteiger partial charge in [0.1, 0.15) is 11.4 Å². The van der Waals surface area contributed by atoms with Crippen molar-refractivity contribution in [1.82, 2.24) is 9.78 Å². The number of nitrogens with one attached hydrogen (secondary N) is 1. The van der Waals surface area contributed by atoms with E-state index < -0.39 is 0 Å². The van der Waals surface area contributed by atoms with Crippen molar-refractivity contribution in [2.24, 2.45) is 0 Å². The molecular weight excluding hydrogens is 374 g/mol. The molecule has 30 heavy (non-hydrogen) atoms. The van der Waals surface area contributed by atoms with Crippen LogP contribution in [0.25, 0.3) is 16.9 Å². The van der Waals surface area contributed by atoms with Gasteiger partial charge in [0.05, 0.1) is 18.5 Å². The molecule has 3 aromatic carbocycles. The number of hydrogen-bond donors (Lipinski definition) is 1. The molecule has 0 aliphatic heterocycles. The Morgan fingerprint density at radius 3 is 2.07 bits per heavy atom. The van der Waals surface area contributed by atoms with Crippen LogP contribution in [0.3, 0.4) is 0 Å². The van der Waals surface area contributed by atoms with E-state index in [9.17, 15) is 4.79 Å². The number of aryl methyl sites for hydroxylation is 2. The highest BCUT2D eigenvalue weighted by Crippen LogP contribution is 2.25. The molecule has 0 atom stereocenters. The van der Waals surface area contributed by atoms with Crippen molar-refractivity contribution in [3.05, 3.63) is 95.7 Å². The molecule has 1 heterocycles. The summed E-state index contributed by atoms with van der Waals surface area (Å²) in [4.78, 5) is 13.1. The van der Waals surface area contributed by atoms with E-state index in [1.165, 1.54) is 0 Å². The molecular formula is C25H23N3O2. The number of anilines is 1. The van der Waals surface area contributed by atoms with Gasteiger partial charge in [-0.05, 0) is 68.4 Å². The van der Waals surface area contributed by atoms with Crippen molar-refractivity contribution >= 4 is 11.6 Å². The van der Waals surface area contributed by atoms with E-state index in [4.69, 9.17) is 9.84 Å². The number of carbonyl (C=O) groups is 1. The van der Waals surface area contributed by atoms with Gasteiger partial charge >= 0.3 is 0 Å². The van der Waals surface area contributed by atoms with Crippen molar-refractivity contribution in [1.29, 1.82) is 0 Å². The molecule has 0 aliphatic carbocycles. The minimum atomic E-state index is -0.216. The second kappa shape index (κ2) is 8.25. The number of nitrogens with zero attached hydrogens (tertiary/aromatic N) is 2. The Balaban J connectivity index is 1.74. The largest absolute Gasteiger partial charge is 0.497 e. The second-order valence-electron chi connectivity index (χ2n) is 7.21. The number of ether oxygens (including phenoxy) is 1. The zero-order valence-electron chi connectivity index (χ0n) is 17.2. The van der Waals surface area contributed by atoms with Crippen LogP contribution >= 0.6 is 0 Å². The van der Waals surface area contributed by atoms with Crippen LogP contribution in [0.15, 0.2) is 78.9 Å². The van der Waals surface area contributed by atoms with Gasteiger partial charge in [0.25, 0.3) is 5.91 Å². The average molecular weight is 397 g/mol. The van der Waals surface area contributed by atoms with Gasteiger partial charge in [0, 0.05) is 11.3 Å². The van der Waals surface area contributed by atoms with Crippen molar-refractivity contribution < 1.29 is 9.53 Å². The average Bonchev–Trinajstić information content (AvgIpc) is 3.21. The Labute approximate surface area is 175 Å². The molecule has 150 valence electrons. The van der Waals surface area contributed by atoms with E-state index in [0.29, 0.717) is 11.4 Å². The molecule has 0 saturated heterocycles. The monoisotopic (exact) mass is 397 g/mol. The number of amides is 1. The molecule has 4 rings (SSSR count). The molecule has 0 spiro atoms. The first-order valence-corrected chi connectivity index (χ1v) is 9.73. The second-order valence-corrected chi connectivity index (χ2v) is 7.21. The molecule has 4 aromatic rings. The summed E-state index contributed by atoms with van der Waals surface area (Å²) >= 11 is 0. The zero-order valence-corrected chi connectivity index (χ0v) is 17.2. The highest BCUT2D eigenvalue weighted by Gasteiger charge is 2.18. The predicted octanol–water partition coefficient (Wildman–Crippen LogP) is 5.42. The highest BCUT2D eigenvalue weighted by atomic mass is 16.5. The quantitative estimate of drug-likeness (QED) is 0.489. The van der Waals surface area contributed by atoms with Crippen molar-refractivity contribution in [2.45, 2.75) is 13.8 Å². The van der Waals surface area contributed by atoms with E-state index in [1.807, 2.05) is 92.7 Å². The Hall–Kier alpha value is -3.86. The van der Waals surface area contributed by atoms with E-state index >= 15 is 0 Å². The lowest BCUT2D eigenvalue weighted by Crippen LogP contribution is -2.16.